The first-order chi connectivity index (χ1) is 4.70. The van der Waals surface area contributed by atoms with Crippen LogP contribution in [0.4, 0.5) is 0 Å². The quantitative estimate of drug-likeness (QED) is 0.455. The molecule has 0 fully saturated rings. The molecule has 0 unspecified atom stereocenters. The molecule has 1 aromatic rings. The maximum absolute atomic E-state index is 10.6. The molecule has 0 aliphatic heterocycles. The van der Waals surface area contributed by atoms with Gasteiger partial charge >= 0.3 is 0 Å². The summed E-state index contributed by atoms with van der Waals surface area (Å²) in [5.41, 5.74) is -0.144. The van der Waals surface area contributed by atoms with Gasteiger partial charge in [-0.25, -0.2) is 0 Å². The highest BCUT2D eigenvalue weighted by Crippen LogP contribution is 1.99. The zero-order chi connectivity index (χ0) is 7.56. The summed E-state index contributed by atoms with van der Waals surface area (Å²) < 4.78 is 0. The van der Waals surface area contributed by atoms with Crippen molar-refractivity contribution in [3.05, 3.63) is 34.2 Å². The number of rotatable bonds is 1. The van der Waals surface area contributed by atoms with E-state index in [1.807, 2.05) is 0 Å². The second-order valence-corrected chi connectivity index (χ2v) is 1.85. The van der Waals surface area contributed by atoms with Gasteiger partial charge in [0.2, 0.25) is 0 Å². The zero-order valence-corrected chi connectivity index (χ0v) is 5.11. The fourth-order valence-corrected chi connectivity index (χ4v) is 0.612. The van der Waals surface area contributed by atoms with Crippen molar-refractivity contribution in [1.29, 1.82) is 0 Å². The maximum Gasteiger partial charge on any atom is 0.194 e. The van der Waals surface area contributed by atoms with E-state index in [0.29, 0.717) is 0 Å². The van der Waals surface area contributed by atoms with Crippen molar-refractivity contribution in [3.63, 3.8) is 0 Å². The molecule has 0 aromatic carbocycles. The van der Waals surface area contributed by atoms with E-state index in [4.69, 9.17) is 10.2 Å². The van der Waals surface area contributed by atoms with Gasteiger partial charge in [-0.3, -0.25) is 4.79 Å². The maximum atomic E-state index is 10.6. The van der Waals surface area contributed by atoms with Gasteiger partial charge < -0.3 is 15.2 Å². The normalized spacial score (nSPS) is 10.3. The monoisotopic (exact) mass is 141 g/mol. The Balaban J connectivity index is 3.07. The first kappa shape index (κ1) is 6.98. The number of aliphatic hydroxyl groups excluding tert-OH is 1. The molecule has 0 radical (unpaired) electrons. The fraction of sp³-hybridized carbons (Fsp3) is 0.167. The molecule has 0 aliphatic rings. The zero-order valence-electron chi connectivity index (χ0n) is 5.11. The average Bonchev–Trinajstić information content (AvgIpc) is 1.88. The van der Waals surface area contributed by atoms with Gasteiger partial charge in [0, 0.05) is 18.3 Å². The van der Waals surface area contributed by atoms with Gasteiger partial charge in [0.1, 0.15) is 0 Å². The van der Waals surface area contributed by atoms with E-state index < -0.39 is 6.29 Å². The highest BCUT2D eigenvalue weighted by molar-refractivity contribution is 5.04. The number of aromatic amines is 1. The minimum atomic E-state index is -1.60. The molecule has 4 heteroatoms. The molecule has 4 nitrogen and oxygen atoms in total. The lowest BCUT2D eigenvalue weighted by molar-refractivity contribution is -0.0458. The number of hydrogen-bond acceptors (Lipinski definition) is 3. The van der Waals surface area contributed by atoms with Crippen molar-refractivity contribution in [2.45, 2.75) is 6.29 Å². The Bertz CT molecular complexity index is 266. The number of hydrogen-bond donors (Lipinski definition) is 3. The van der Waals surface area contributed by atoms with Crippen LogP contribution in [0.25, 0.3) is 0 Å². The number of nitrogens with one attached hydrogen (secondary N) is 1. The second kappa shape index (κ2) is 2.64. The summed E-state index contributed by atoms with van der Waals surface area (Å²) >= 11 is 0. The van der Waals surface area contributed by atoms with E-state index in [0.717, 1.165) is 6.07 Å². The highest BCUT2D eigenvalue weighted by atomic mass is 16.5. The Labute approximate surface area is 56.8 Å². The predicted molar refractivity (Wildman–Crippen MR) is 34.2 cm³/mol. The molecule has 54 valence electrons. The molecule has 0 atom stereocenters. The second-order valence-electron chi connectivity index (χ2n) is 1.85. The molecule has 0 saturated heterocycles. The fourth-order valence-electron chi connectivity index (χ4n) is 0.612. The van der Waals surface area contributed by atoms with Crippen LogP contribution >= 0.6 is 0 Å². The van der Waals surface area contributed by atoms with Crippen molar-refractivity contribution >= 4 is 0 Å². The molecule has 10 heavy (non-hydrogen) atoms. The van der Waals surface area contributed by atoms with Crippen molar-refractivity contribution < 1.29 is 10.2 Å². The van der Waals surface area contributed by atoms with Crippen LogP contribution in [0.5, 0.6) is 0 Å². The molecular formula is C6H7NO3. The molecule has 0 aliphatic carbocycles. The van der Waals surface area contributed by atoms with Gasteiger partial charge in [0.25, 0.3) is 0 Å². The number of pyridine rings is 1. The molecule has 3 N–H and O–H groups in total. The van der Waals surface area contributed by atoms with Gasteiger partial charge in [0.05, 0.1) is 5.69 Å². The van der Waals surface area contributed by atoms with E-state index in [1.54, 1.807) is 0 Å². The van der Waals surface area contributed by atoms with Crippen molar-refractivity contribution in [2.24, 2.45) is 0 Å². The largest absolute Gasteiger partial charge is 0.363 e. The SMILES string of the molecule is O=c1cc[nH]c(C(O)O)c1. The van der Waals surface area contributed by atoms with E-state index >= 15 is 0 Å². The standard InChI is InChI=1S/C6H7NO3/c8-4-1-2-7-5(3-4)6(9)10/h1-3,6,9-10H,(H,7,8). The molecular weight excluding hydrogens is 134 g/mol. The van der Waals surface area contributed by atoms with Gasteiger partial charge in [-0.2, -0.15) is 0 Å². The summed E-state index contributed by atoms with van der Waals surface area (Å²) in [5, 5.41) is 17.1. The highest BCUT2D eigenvalue weighted by Gasteiger charge is 2.00. The number of aromatic nitrogens is 1. The van der Waals surface area contributed by atoms with Gasteiger partial charge in [0.15, 0.2) is 11.7 Å². The van der Waals surface area contributed by atoms with Crippen LogP contribution in [0, 0.1) is 0 Å². The van der Waals surface area contributed by atoms with Crippen molar-refractivity contribution in [2.75, 3.05) is 0 Å². The van der Waals surface area contributed by atoms with Gasteiger partial charge in [-0.1, -0.05) is 0 Å². The lowest BCUT2D eigenvalue weighted by Crippen LogP contribution is -2.05. The minimum absolute atomic E-state index is 0.104. The van der Waals surface area contributed by atoms with Crippen LogP contribution in [0.1, 0.15) is 12.0 Å². The number of aliphatic hydroxyl groups is 2. The summed E-state index contributed by atoms with van der Waals surface area (Å²) in [6.45, 7) is 0. The summed E-state index contributed by atoms with van der Waals surface area (Å²) in [4.78, 5) is 13.1. The van der Waals surface area contributed by atoms with Gasteiger partial charge in [-0.05, 0) is 0 Å². The number of H-pyrrole nitrogens is 1. The van der Waals surface area contributed by atoms with E-state index in [9.17, 15) is 4.79 Å². The summed E-state index contributed by atoms with van der Waals surface area (Å²) in [7, 11) is 0. The Kier molecular flexibility index (Phi) is 1.84. The predicted octanol–water partition coefficient (Wildman–Crippen LogP) is -0.642. The van der Waals surface area contributed by atoms with Crippen molar-refractivity contribution in [3.8, 4) is 0 Å². The molecule has 0 spiro atoms. The van der Waals surface area contributed by atoms with E-state index in [2.05, 4.69) is 4.98 Å². The molecule has 1 rings (SSSR count). The van der Waals surface area contributed by atoms with E-state index in [1.165, 1.54) is 12.3 Å². The Morgan fingerprint density at radius 3 is 2.60 bits per heavy atom. The van der Waals surface area contributed by atoms with Crippen LogP contribution in [-0.2, 0) is 0 Å². The van der Waals surface area contributed by atoms with Crippen molar-refractivity contribution in [1.82, 2.24) is 4.98 Å². The summed E-state index contributed by atoms with van der Waals surface area (Å²) in [6.07, 6.45) is -0.245. The van der Waals surface area contributed by atoms with Crippen LogP contribution in [0.2, 0.25) is 0 Å². The first-order valence-corrected chi connectivity index (χ1v) is 2.75. The van der Waals surface area contributed by atoms with Crippen LogP contribution in [-0.4, -0.2) is 15.2 Å². The molecule has 1 heterocycles. The van der Waals surface area contributed by atoms with E-state index in [-0.39, 0.29) is 11.1 Å². The Morgan fingerprint density at radius 2 is 2.20 bits per heavy atom. The first-order valence-electron chi connectivity index (χ1n) is 2.75. The lowest BCUT2D eigenvalue weighted by Gasteiger charge is -2.00. The third-order valence-electron chi connectivity index (χ3n) is 1.07. The smallest absolute Gasteiger partial charge is 0.194 e. The Hall–Kier alpha value is -1.13. The lowest BCUT2D eigenvalue weighted by atomic mass is 10.3. The summed E-state index contributed by atoms with van der Waals surface area (Å²) in [5.74, 6) is 0. The topological polar surface area (TPSA) is 73.3 Å². The summed E-state index contributed by atoms with van der Waals surface area (Å²) in [6, 6.07) is 2.43. The molecule has 0 saturated carbocycles. The molecule has 1 aromatic heterocycles. The Morgan fingerprint density at radius 1 is 1.50 bits per heavy atom. The minimum Gasteiger partial charge on any atom is -0.363 e. The van der Waals surface area contributed by atoms with Crippen LogP contribution < -0.4 is 5.43 Å². The van der Waals surface area contributed by atoms with Gasteiger partial charge in [-0.15, -0.1) is 0 Å². The van der Waals surface area contributed by atoms with Crippen LogP contribution in [0.3, 0.4) is 0 Å². The third kappa shape index (κ3) is 1.43. The molecule has 0 bridgehead atoms. The third-order valence-corrected chi connectivity index (χ3v) is 1.07. The molecule has 0 amide bonds. The van der Waals surface area contributed by atoms with Crippen LogP contribution in [0.15, 0.2) is 23.1 Å². The average molecular weight is 141 g/mol.